The number of carbonyl (C=O) groups excluding carboxylic acids is 1. The van der Waals surface area contributed by atoms with Crippen LogP contribution in [0.5, 0.6) is 0 Å². The van der Waals surface area contributed by atoms with E-state index in [1.807, 2.05) is 13.8 Å². The fraction of sp³-hybridized carbons (Fsp3) is 0.688. The van der Waals surface area contributed by atoms with Crippen molar-refractivity contribution in [1.82, 2.24) is 0 Å². The number of esters is 1. The summed E-state index contributed by atoms with van der Waals surface area (Å²) in [6.45, 7) is 6.08. The predicted octanol–water partition coefficient (Wildman–Crippen LogP) is 2.76. The number of ether oxygens (including phenoxy) is 2. The molecule has 0 aliphatic carbocycles. The fourth-order valence-corrected chi connectivity index (χ4v) is 2.13. The molecule has 114 valence electrons. The Morgan fingerprint density at radius 3 is 2.60 bits per heavy atom. The van der Waals surface area contributed by atoms with Gasteiger partial charge in [0.1, 0.15) is 5.60 Å². The summed E-state index contributed by atoms with van der Waals surface area (Å²) >= 11 is 0. The summed E-state index contributed by atoms with van der Waals surface area (Å²) < 4.78 is 10.1. The van der Waals surface area contributed by atoms with Crippen LogP contribution in [0.4, 0.5) is 0 Å². The molecule has 1 fully saturated rings. The van der Waals surface area contributed by atoms with Crippen LogP contribution in [0.2, 0.25) is 0 Å². The highest BCUT2D eigenvalue weighted by molar-refractivity contribution is 5.82. The van der Waals surface area contributed by atoms with Crippen LogP contribution in [-0.2, 0) is 14.3 Å². The molecule has 1 aliphatic heterocycles. The molecule has 0 aromatic rings. The Bertz CT molecular complexity index is 397. The topological polar surface area (TPSA) is 59.1 Å². The summed E-state index contributed by atoms with van der Waals surface area (Å²) in [4.78, 5) is 11.0. The number of aliphatic hydroxyl groups excluding tert-OH is 1. The maximum absolute atomic E-state index is 11.0. The normalized spacial score (nSPS) is 26.6. The highest BCUT2D eigenvalue weighted by Crippen LogP contribution is 2.39. The number of epoxide rings is 1. The van der Waals surface area contributed by atoms with E-state index in [0.29, 0.717) is 0 Å². The average molecular weight is 282 g/mol. The Balaban J connectivity index is 2.22. The molecular formula is C16H26O4. The Kier molecular flexibility index (Phi) is 6.43. The van der Waals surface area contributed by atoms with E-state index in [0.717, 1.165) is 31.3 Å². The fourth-order valence-electron chi connectivity index (χ4n) is 2.13. The largest absolute Gasteiger partial charge is 0.466 e. The first-order valence-corrected chi connectivity index (χ1v) is 7.10. The number of allylic oxidation sites excluding steroid dienone is 3. The van der Waals surface area contributed by atoms with E-state index in [1.54, 1.807) is 0 Å². The van der Waals surface area contributed by atoms with Crippen molar-refractivity contribution < 1.29 is 19.4 Å². The zero-order chi connectivity index (χ0) is 15.2. The van der Waals surface area contributed by atoms with Crippen LogP contribution in [0, 0.1) is 0 Å². The highest BCUT2D eigenvalue weighted by Gasteiger charge is 2.50. The van der Waals surface area contributed by atoms with E-state index in [2.05, 4.69) is 17.7 Å². The van der Waals surface area contributed by atoms with Crippen LogP contribution in [0.25, 0.3) is 0 Å². The van der Waals surface area contributed by atoms with Gasteiger partial charge in [-0.3, -0.25) is 0 Å². The standard InChI is InChI=1S/C16H26O4/c1-12(8-9-14-16(3,11-17)20-14)6-5-7-13(2)10-15(18)19-4/h6,10,14,17H,5,7-9,11H2,1-4H3/b12-6+,13-10+/t14-,16-/m1/s1. The second kappa shape index (κ2) is 7.60. The van der Waals surface area contributed by atoms with Crippen molar-refractivity contribution in [2.75, 3.05) is 13.7 Å². The highest BCUT2D eigenvalue weighted by atomic mass is 16.6. The van der Waals surface area contributed by atoms with Crippen molar-refractivity contribution in [2.24, 2.45) is 0 Å². The third kappa shape index (κ3) is 5.47. The van der Waals surface area contributed by atoms with Gasteiger partial charge in [0, 0.05) is 6.08 Å². The zero-order valence-corrected chi connectivity index (χ0v) is 12.9. The molecule has 1 heterocycles. The van der Waals surface area contributed by atoms with Crippen LogP contribution in [0.1, 0.15) is 46.5 Å². The molecule has 2 atom stereocenters. The zero-order valence-electron chi connectivity index (χ0n) is 12.9. The minimum atomic E-state index is -0.305. The lowest BCUT2D eigenvalue weighted by atomic mass is 10.0. The van der Waals surface area contributed by atoms with E-state index in [1.165, 1.54) is 18.8 Å². The number of hydrogen-bond donors (Lipinski definition) is 1. The lowest BCUT2D eigenvalue weighted by Gasteiger charge is -2.03. The smallest absolute Gasteiger partial charge is 0.330 e. The Hall–Kier alpha value is -1.13. The summed E-state index contributed by atoms with van der Waals surface area (Å²) in [6, 6.07) is 0. The first-order chi connectivity index (χ1) is 9.41. The van der Waals surface area contributed by atoms with Gasteiger partial charge >= 0.3 is 5.97 Å². The molecule has 0 amide bonds. The molecule has 1 saturated heterocycles. The number of rotatable bonds is 8. The number of hydrogen-bond acceptors (Lipinski definition) is 4. The van der Waals surface area contributed by atoms with Crippen molar-refractivity contribution in [2.45, 2.75) is 58.2 Å². The molecule has 4 heteroatoms. The lowest BCUT2D eigenvalue weighted by Crippen LogP contribution is -2.14. The first-order valence-electron chi connectivity index (χ1n) is 7.10. The van der Waals surface area contributed by atoms with E-state index >= 15 is 0 Å². The van der Waals surface area contributed by atoms with Crippen LogP contribution in [0.15, 0.2) is 23.3 Å². The third-order valence-corrected chi connectivity index (χ3v) is 3.75. The molecule has 1 rings (SSSR count). The van der Waals surface area contributed by atoms with Crippen LogP contribution in [0.3, 0.4) is 0 Å². The number of carbonyl (C=O) groups is 1. The second-order valence-electron chi connectivity index (χ2n) is 5.72. The van der Waals surface area contributed by atoms with Gasteiger partial charge in [0.25, 0.3) is 0 Å². The van der Waals surface area contributed by atoms with E-state index in [9.17, 15) is 4.79 Å². The molecule has 0 aromatic heterocycles. The number of aliphatic hydroxyl groups is 1. The van der Waals surface area contributed by atoms with Crippen molar-refractivity contribution in [1.29, 1.82) is 0 Å². The van der Waals surface area contributed by atoms with Gasteiger partial charge in [-0.15, -0.1) is 0 Å². The van der Waals surface area contributed by atoms with Gasteiger partial charge in [0.05, 0.1) is 19.8 Å². The van der Waals surface area contributed by atoms with Gasteiger partial charge in [0.2, 0.25) is 0 Å². The molecule has 1 aliphatic rings. The molecule has 0 bridgehead atoms. The summed E-state index contributed by atoms with van der Waals surface area (Å²) in [5, 5.41) is 9.11. The third-order valence-electron chi connectivity index (χ3n) is 3.75. The molecular weight excluding hydrogens is 256 g/mol. The van der Waals surface area contributed by atoms with Gasteiger partial charge < -0.3 is 14.6 Å². The summed E-state index contributed by atoms with van der Waals surface area (Å²) in [5.41, 5.74) is 2.05. The Morgan fingerprint density at radius 2 is 2.05 bits per heavy atom. The monoisotopic (exact) mass is 282 g/mol. The minimum Gasteiger partial charge on any atom is -0.466 e. The van der Waals surface area contributed by atoms with Crippen molar-refractivity contribution >= 4 is 5.97 Å². The van der Waals surface area contributed by atoms with Gasteiger partial charge in [-0.25, -0.2) is 4.79 Å². The SMILES string of the molecule is COC(=O)/C=C(\C)CC/C=C(\C)CC[C@H]1O[C@]1(C)CO. The van der Waals surface area contributed by atoms with Crippen molar-refractivity contribution in [3.05, 3.63) is 23.3 Å². The van der Waals surface area contributed by atoms with Crippen molar-refractivity contribution in [3.63, 3.8) is 0 Å². The molecule has 1 N–H and O–H groups in total. The predicted molar refractivity (Wildman–Crippen MR) is 78.4 cm³/mol. The maximum Gasteiger partial charge on any atom is 0.330 e. The first kappa shape index (κ1) is 16.9. The van der Waals surface area contributed by atoms with Crippen molar-refractivity contribution in [3.8, 4) is 0 Å². The minimum absolute atomic E-state index is 0.0952. The van der Waals surface area contributed by atoms with Gasteiger partial charge in [0.15, 0.2) is 0 Å². The Morgan fingerprint density at radius 1 is 1.35 bits per heavy atom. The molecule has 0 spiro atoms. The summed E-state index contributed by atoms with van der Waals surface area (Å²) in [6.07, 6.45) is 7.66. The molecule has 0 saturated carbocycles. The van der Waals surface area contributed by atoms with E-state index in [-0.39, 0.29) is 24.3 Å². The lowest BCUT2D eigenvalue weighted by molar-refractivity contribution is -0.134. The molecule has 4 nitrogen and oxygen atoms in total. The maximum atomic E-state index is 11.0. The van der Waals surface area contributed by atoms with Crippen LogP contribution >= 0.6 is 0 Å². The number of methoxy groups -OCH3 is 1. The molecule has 20 heavy (non-hydrogen) atoms. The van der Waals surface area contributed by atoms with Gasteiger partial charge in [-0.05, 0) is 46.5 Å². The molecule has 0 radical (unpaired) electrons. The van der Waals surface area contributed by atoms with E-state index in [4.69, 9.17) is 9.84 Å². The van der Waals surface area contributed by atoms with Gasteiger partial charge in [-0.2, -0.15) is 0 Å². The van der Waals surface area contributed by atoms with Crippen LogP contribution < -0.4 is 0 Å². The summed E-state index contributed by atoms with van der Waals surface area (Å²) in [7, 11) is 1.39. The summed E-state index contributed by atoms with van der Waals surface area (Å²) in [5.74, 6) is -0.294. The molecule has 0 unspecified atom stereocenters. The quantitative estimate of drug-likeness (QED) is 0.322. The second-order valence-corrected chi connectivity index (χ2v) is 5.72. The van der Waals surface area contributed by atoms with E-state index < -0.39 is 0 Å². The Labute approximate surface area is 121 Å². The molecule has 0 aromatic carbocycles. The van der Waals surface area contributed by atoms with Crippen LogP contribution in [-0.4, -0.2) is 36.5 Å². The van der Waals surface area contributed by atoms with Gasteiger partial charge in [-0.1, -0.05) is 17.2 Å². The average Bonchev–Trinajstić information content (AvgIpc) is 3.08.